The monoisotopic (exact) mass is 433 g/mol. The van der Waals surface area contributed by atoms with Gasteiger partial charge in [-0.05, 0) is 48.9 Å². The lowest BCUT2D eigenvalue weighted by molar-refractivity contribution is -0.132. The van der Waals surface area contributed by atoms with Gasteiger partial charge in [-0.1, -0.05) is 54.1 Å². The zero-order valence-corrected chi connectivity index (χ0v) is 17.5. The molecule has 0 radical (unpaired) electrons. The van der Waals surface area contributed by atoms with Gasteiger partial charge < -0.3 is 9.84 Å². The average molecular weight is 434 g/mol. The van der Waals surface area contributed by atoms with Crippen molar-refractivity contribution in [2.24, 2.45) is 0 Å². The van der Waals surface area contributed by atoms with Gasteiger partial charge in [0.2, 0.25) is 0 Å². The third-order valence-corrected chi connectivity index (χ3v) is 5.32. The smallest absolute Gasteiger partial charge is 0.300 e. The normalized spacial score (nSPS) is 17.7. The van der Waals surface area contributed by atoms with Gasteiger partial charge in [0.25, 0.3) is 11.7 Å². The Morgan fingerprint density at radius 2 is 1.71 bits per heavy atom. The molecule has 1 fully saturated rings. The van der Waals surface area contributed by atoms with E-state index in [0.717, 1.165) is 0 Å². The molecule has 1 aliphatic rings. The van der Waals surface area contributed by atoms with Gasteiger partial charge in [-0.25, -0.2) is 0 Å². The fraction of sp³-hybridized carbons (Fsp3) is 0.120. The molecular formula is C25H20ClNO4. The number of aliphatic hydroxyl groups excluding tert-OH is 1. The number of benzene rings is 3. The number of hydrogen-bond acceptors (Lipinski definition) is 4. The molecule has 3 aromatic rings. The Hall–Kier alpha value is -3.57. The molecule has 0 spiro atoms. The Morgan fingerprint density at radius 1 is 1.00 bits per heavy atom. The van der Waals surface area contributed by atoms with Crippen LogP contribution in [0.15, 0.2) is 84.4 Å². The van der Waals surface area contributed by atoms with Crippen LogP contribution in [-0.4, -0.2) is 23.4 Å². The molecule has 1 atom stereocenters. The van der Waals surface area contributed by atoms with E-state index in [0.29, 0.717) is 34.2 Å². The molecular weight excluding hydrogens is 414 g/mol. The van der Waals surface area contributed by atoms with Crippen molar-refractivity contribution in [2.75, 3.05) is 11.5 Å². The number of Topliss-reactive ketones (excluding diaryl/α,β-unsaturated/α-hetero) is 1. The lowest BCUT2D eigenvalue weighted by atomic mass is 9.95. The second kappa shape index (κ2) is 8.66. The second-order valence-electron chi connectivity index (χ2n) is 7.02. The van der Waals surface area contributed by atoms with Gasteiger partial charge in [0.1, 0.15) is 11.5 Å². The molecule has 1 amide bonds. The summed E-state index contributed by atoms with van der Waals surface area (Å²) in [6, 6.07) is 21.9. The number of anilines is 1. The molecule has 31 heavy (non-hydrogen) atoms. The predicted molar refractivity (Wildman–Crippen MR) is 120 cm³/mol. The third kappa shape index (κ3) is 3.92. The summed E-state index contributed by atoms with van der Waals surface area (Å²) in [5.74, 6) is -1.05. The van der Waals surface area contributed by atoms with E-state index >= 15 is 0 Å². The summed E-state index contributed by atoms with van der Waals surface area (Å²) in [6.07, 6.45) is 0. The first kappa shape index (κ1) is 20.7. The first-order valence-electron chi connectivity index (χ1n) is 9.86. The maximum Gasteiger partial charge on any atom is 0.300 e. The molecule has 4 rings (SSSR count). The summed E-state index contributed by atoms with van der Waals surface area (Å²) in [6.45, 7) is 2.41. The SMILES string of the molecule is CCOc1ccc(N2C(=O)C(=O)/C(=C(\O)c3cccc(Cl)c3)C2c2ccccc2)cc1. The highest BCUT2D eigenvalue weighted by molar-refractivity contribution is 6.51. The maximum atomic E-state index is 13.1. The molecule has 0 saturated carbocycles. The fourth-order valence-electron chi connectivity index (χ4n) is 3.71. The first-order chi connectivity index (χ1) is 15.0. The molecule has 1 unspecified atom stereocenters. The van der Waals surface area contributed by atoms with Gasteiger partial charge in [-0.15, -0.1) is 0 Å². The van der Waals surface area contributed by atoms with Crippen LogP contribution in [0.3, 0.4) is 0 Å². The number of ketones is 1. The van der Waals surface area contributed by atoms with Crippen LogP contribution in [0.5, 0.6) is 5.75 Å². The van der Waals surface area contributed by atoms with Crippen molar-refractivity contribution in [1.82, 2.24) is 0 Å². The van der Waals surface area contributed by atoms with Crippen molar-refractivity contribution in [1.29, 1.82) is 0 Å². The van der Waals surface area contributed by atoms with E-state index in [1.54, 1.807) is 48.5 Å². The van der Waals surface area contributed by atoms with Crippen molar-refractivity contribution in [3.05, 3.63) is 101 Å². The third-order valence-electron chi connectivity index (χ3n) is 5.08. The lowest BCUT2D eigenvalue weighted by Gasteiger charge is -2.25. The van der Waals surface area contributed by atoms with Crippen LogP contribution in [0, 0.1) is 0 Å². The van der Waals surface area contributed by atoms with Crippen molar-refractivity contribution in [3.63, 3.8) is 0 Å². The van der Waals surface area contributed by atoms with E-state index in [-0.39, 0.29) is 11.3 Å². The van der Waals surface area contributed by atoms with E-state index in [9.17, 15) is 14.7 Å². The maximum absolute atomic E-state index is 13.1. The largest absolute Gasteiger partial charge is 0.507 e. The number of carbonyl (C=O) groups excluding carboxylic acids is 2. The van der Waals surface area contributed by atoms with Crippen molar-refractivity contribution < 1.29 is 19.4 Å². The van der Waals surface area contributed by atoms with Crippen molar-refractivity contribution >= 4 is 34.7 Å². The summed E-state index contributed by atoms with van der Waals surface area (Å²) < 4.78 is 5.48. The number of carbonyl (C=O) groups is 2. The van der Waals surface area contributed by atoms with Gasteiger partial charge in [0, 0.05) is 16.3 Å². The first-order valence-corrected chi connectivity index (χ1v) is 10.2. The number of ether oxygens (including phenoxy) is 1. The molecule has 1 aliphatic heterocycles. The Bertz CT molecular complexity index is 1160. The zero-order chi connectivity index (χ0) is 22.0. The molecule has 1 heterocycles. The minimum Gasteiger partial charge on any atom is -0.507 e. The average Bonchev–Trinajstić information content (AvgIpc) is 3.05. The van der Waals surface area contributed by atoms with Crippen LogP contribution >= 0.6 is 11.6 Å². The van der Waals surface area contributed by atoms with E-state index in [4.69, 9.17) is 16.3 Å². The van der Waals surface area contributed by atoms with Crippen LogP contribution < -0.4 is 9.64 Å². The quantitative estimate of drug-likeness (QED) is 0.334. The van der Waals surface area contributed by atoms with Crippen molar-refractivity contribution in [2.45, 2.75) is 13.0 Å². The van der Waals surface area contributed by atoms with Crippen LogP contribution in [0.1, 0.15) is 24.1 Å². The van der Waals surface area contributed by atoms with Crippen LogP contribution in [0.4, 0.5) is 5.69 Å². The Morgan fingerprint density at radius 3 is 2.35 bits per heavy atom. The van der Waals surface area contributed by atoms with Gasteiger partial charge in [-0.3, -0.25) is 14.5 Å². The topological polar surface area (TPSA) is 66.8 Å². The van der Waals surface area contributed by atoms with Gasteiger partial charge >= 0.3 is 0 Å². The number of amides is 1. The molecule has 0 bridgehead atoms. The van der Waals surface area contributed by atoms with E-state index < -0.39 is 17.7 Å². The molecule has 1 N–H and O–H groups in total. The van der Waals surface area contributed by atoms with Gasteiger partial charge in [0.05, 0.1) is 18.2 Å². The summed E-state index contributed by atoms with van der Waals surface area (Å²) in [5, 5.41) is 11.5. The molecule has 5 nitrogen and oxygen atoms in total. The number of rotatable bonds is 5. The fourth-order valence-corrected chi connectivity index (χ4v) is 3.90. The molecule has 0 aliphatic carbocycles. The summed E-state index contributed by atoms with van der Waals surface area (Å²) in [4.78, 5) is 27.6. The summed E-state index contributed by atoms with van der Waals surface area (Å²) in [7, 11) is 0. The molecule has 1 saturated heterocycles. The Kier molecular flexibility index (Phi) is 5.78. The predicted octanol–water partition coefficient (Wildman–Crippen LogP) is 5.37. The highest BCUT2D eigenvalue weighted by atomic mass is 35.5. The Balaban J connectivity index is 1.88. The van der Waals surface area contributed by atoms with Gasteiger partial charge in [-0.2, -0.15) is 0 Å². The van der Waals surface area contributed by atoms with E-state index in [2.05, 4.69) is 0 Å². The lowest BCUT2D eigenvalue weighted by Crippen LogP contribution is -2.29. The highest BCUT2D eigenvalue weighted by Gasteiger charge is 2.46. The molecule has 6 heteroatoms. The summed E-state index contributed by atoms with van der Waals surface area (Å²) in [5.41, 5.74) is 1.63. The molecule has 0 aromatic heterocycles. The van der Waals surface area contributed by atoms with Crippen molar-refractivity contribution in [3.8, 4) is 5.75 Å². The van der Waals surface area contributed by atoms with E-state index in [1.165, 1.54) is 4.90 Å². The number of nitrogens with zero attached hydrogens (tertiary/aromatic N) is 1. The number of aliphatic hydroxyl groups is 1. The summed E-state index contributed by atoms with van der Waals surface area (Å²) >= 11 is 6.07. The second-order valence-corrected chi connectivity index (χ2v) is 7.45. The van der Waals surface area contributed by atoms with E-state index in [1.807, 2.05) is 37.3 Å². The number of hydrogen-bond donors (Lipinski definition) is 1. The number of halogens is 1. The standard InChI is InChI=1S/C25H20ClNO4/c1-2-31-20-13-11-19(12-14-20)27-22(16-7-4-3-5-8-16)21(24(29)25(27)30)23(28)17-9-6-10-18(26)15-17/h3-15,22,28H,2H2,1H3/b23-21-. The van der Waals surface area contributed by atoms with Crippen LogP contribution in [0.2, 0.25) is 5.02 Å². The molecule has 3 aromatic carbocycles. The zero-order valence-electron chi connectivity index (χ0n) is 16.8. The Labute approximate surface area is 185 Å². The van der Waals surface area contributed by atoms with Crippen LogP contribution in [0.25, 0.3) is 5.76 Å². The van der Waals surface area contributed by atoms with Gasteiger partial charge in [0.15, 0.2) is 0 Å². The molecule has 156 valence electrons. The minimum absolute atomic E-state index is 0.0207. The highest BCUT2D eigenvalue weighted by Crippen LogP contribution is 2.42. The van der Waals surface area contributed by atoms with Crippen LogP contribution in [-0.2, 0) is 9.59 Å². The minimum atomic E-state index is -0.780.